The van der Waals surface area contributed by atoms with E-state index in [2.05, 4.69) is 22.0 Å². The molecule has 3 N–H and O–H groups in total. The molecule has 3 aliphatic heterocycles. The summed E-state index contributed by atoms with van der Waals surface area (Å²) in [5.41, 5.74) is 4.88. The van der Waals surface area contributed by atoms with Gasteiger partial charge in [-0.2, -0.15) is 4.31 Å². The molecule has 0 aliphatic carbocycles. The maximum Gasteiger partial charge on any atom is 0.339 e. The van der Waals surface area contributed by atoms with Crippen molar-refractivity contribution in [2.24, 2.45) is 0 Å². The number of hydrazine groups is 1. The molecular weight excluding hydrogens is 508 g/mol. The summed E-state index contributed by atoms with van der Waals surface area (Å²) >= 11 is 2.72. The van der Waals surface area contributed by atoms with Gasteiger partial charge in [0.05, 0.1) is 5.88 Å². The van der Waals surface area contributed by atoms with E-state index in [1.807, 2.05) is 0 Å². The molecular formula is C22H24N6O4S3. The lowest BCUT2D eigenvalue weighted by molar-refractivity contribution is -0.126. The fraction of sp³-hybridized carbons (Fsp3) is 0.364. The minimum Gasteiger partial charge on any atom is -0.377 e. The van der Waals surface area contributed by atoms with Crippen LogP contribution >= 0.6 is 23.1 Å². The largest absolute Gasteiger partial charge is 0.377 e. The first-order valence-corrected chi connectivity index (χ1v) is 14.2. The van der Waals surface area contributed by atoms with Gasteiger partial charge in [0.25, 0.3) is 10.0 Å². The molecule has 1 saturated heterocycles. The van der Waals surface area contributed by atoms with Gasteiger partial charge in [-0.05, 0) is 23.6 Å². The number of carbonyl (C=O) groups is 2. The van der Waals surface area contributed by atoms with E-state index in [0.717, 1.165) is 38.0 Å². The quantitative estimate of drug-likeness (QED) is 0.507. The number of fused-ring (bicyclic) bond motifs is 1. The van der Waals surface area contributed by atoms with Gasteiger partial charge in [0, 0.05) is 55.6 Å². The Morgan fingerprint density at radius 3 is 2.83 bits per heavy atom. The Balaban J connectivity index is 1.37. The molecule has 0 bridgehead atoms. The molecule has 1 fully saturated rings. The number of piperazine rings is 1. The summed E-state index contributed by atoms with van der Waals surface area (Å²) in [6.45, 7) is 0.503. The molecule has 184 valence electrons. The highest BCUT2D eigenvalue weighted by Crippen LogP contribution is 2.33. The minimum absolute atomic E-state index is 0.0868. The predicted octanol–water partition coefficient (Wildman–Crippen LogP) is 1.10. The molecule has 4 heterocycles. The van der Waals surface area contributed by atoms with Gasteiger partial charge in [0.2, 0.25) is 5.91 Å². The lowest BCUT2D eigenvalue weighted by atomic mass is 10.2. The Bertz CT molecular complexity index is 1380. The molecule has 0 spiro atoms. The van der Waals surface area contributed by atoms with Crippen LogP contribution in [-0.4, -0.2) is 79.7 Å². The first-order chi connectivity index (χ1) is 16.8. The third-order valence-electron chi connectivity index (χ3n) is 6.23. The summed E-state index contributed by atoms with van der Waals surface area (Å²) in [5, 5.41) is 9.02. The molecule has 1 unspecified atom stereocenters. The summed E-state index contributed by atoms with van der Waals surface area (Å²) in [6, 6.07) is 5.68. The monoisotopic (exact) mass is 532 g/mol. The SMILES string of the molecule is C#Cc1ccc2cc(S(=O)(=O)N3CCN(C(=O)N4CCC5=C(N4)SCN5)C(C(=O)NC)C3)sc2c1. The van der Waals surface area contributed by atoms with E-state index in [4.69, 9.17) is 6.42 Å². The van der Waals surface area contributed by atoms with Crippen LogP contribution in [0, 0.1) is 12.3 Å². The van der Waals surface area contributed by atoms with Crippen LogP contribution in [0.2, 0.25) is 0 Å². The lowest BCUT2D eigenvalue weighted by Crippen LogP contribution is -2.64. The van der Waals surface area contributed by atoms with E-state index in [0.29, 0.717) is 18.5 Å². The number of thioether (sulfide) groups is 1. The molecule has 2 aromatic rings. The number of hydrogen-bond donors (Lipinski definition) is 3. The normalized spacial score (nSPS) is 20.7. The Kier molecular flexibility index (Phi) is 6.30. The molecule has 13 heteroatoms. The van der Waals surface area contributed by atoms with Crippen molar-refractivity contribution < 1.29 is 18.0 Å². The van der Waals surface area contributed by atoms with Crippen LogP contribution < -0.4 is 16.1 Å². The number of likely N-dealkylation sites (N-methyl/N-ethyl adjacent to an activating group) is 1. The number of benzene rings is 1. The van der Waals surface area contributed by atoms with Crippen molar-refractivity contribution in [3.05, 3.63) is 40.6 Å². The van der Waals surface area contributed by atoms with Crippen LogP contribution in [0.1, 0.15) is 12.0 Å². The lowest BCUT2D eigenvalue weighted by Gasteiger charge is -2.42. The van der Waals surface area contributed by atoms with Crippen molar-refractivity contribution in [3.8, 4) is 12.3 Å². The van der Waals surface area contributed by atoms with Gasteiger partial charge in [-0.3, -0.25) is 10.2 Å². The fourth-order valence-electron chi connectivity index (χ4n) is 4.31. The van der Waals surface area contributed by atoms with E-state index < -0.39 is 22.0 Å². The van der Waals surface area contributed by atoms with E-state index in [-0.39, 0.29) is 29.9 Å². The highest BCUT2D eigenvalue weighted by atomic mass is 32.2. The average Bonchev–Trinajstić information content (AvgIpc) is 3.53. The number of nitrogens with zero attached hydrogens (tertiary/aromatic N) is 3. The number of sulfonamides is 1. The van der Waals surface area contributed by atoms with Gasteiger partial charge in [0.1, 0.15) is 15.3 Å². The van der Waals surface area contributed by atoms with Gasteiger partial charge >= 0.3 is 6.03 Å². The van der Waals surface area contributed by atoms with Crippen molar-refractivity contribution in [2.75, 3.05) is 39.1 Å². The van der Waals surface area contributed by atoms with E-state index in [1.165, 1.54) is 21.3 Å². The first-order valence-electron chi connectivity index (χ1n) is 11.0. The predicted molar refractivity (Wildman–Crippen MR) is 136 cm³/mol. The van der Waals surface area contributed by atoms with E-state index in [1.54, 1.807) is 36.0 Å². The second-order valence-corrected chi connectivity index (χ2v) is 12.5. The second kappa shape index (κ2) is 9.27. The van der Waals surface area contributed by atoms with Crippen molar-refractivity contribution >= 4 is 55.1 Å². The van der Waals surface area contributed by atoms with Gasteiger partial charge in [-0.25, -0.2) is 18.2 Å². The smallest absolute Gasteiger partial charge is 0.339 e. The third kappa shape index (κ3) is 4.31. The summed E-state index contributed by atoms with van der Waals surface area (Å²) in [4.78, 5) is 27.6. The Hall–Kier alpha value is -2.92. The Morgan fingerprint density at radius 1 is 1.23 bits per heavy atom. The van der Waals surface area contributed by atoms with Crippen LogP contribution in [0.25, 0.3) is 10.1 Å². The zero-order chi connectivity index (χ0) is 24.7. The summed E-state index contributed by atoms with van der Waals surface area (Å²) in [7, 11) is -2.39. The van der Waals surface area contributed by atoms with E-state index >= 15 is 0 Å². The number of rotatable bonds is 3. The molecule has 1 aromatic heterocycles. The molecule has 1 aromatic carbocycles. The zero-order valence-electron chi connectivity index (χ0n) is 18.9. The average molecular weight is 533 g/mol. The van der Waals surface area contributed by atoms with Gasteiger partial charge in [0.15, 0.2) is 0 Å². The number of carbonyl (C=O) groups excluding carboxylic acids is 2. The molecule has 10 nitrogen and oxygen atoms in total. The van der Waals surface area contributed by atoms with Crippen LogP contribution in [0.5, 0.6) is 0 Å². The second-order valence-electron chi connectivity index (χ2n) is 8.22. The number of terminal acetylenes is 1. The number of urea groups is 1. The summed E-state index contributed by atoms with van der Waals surface area (Å²) in [6.07, 6.45) is 6.16. The number of amides is 3. The highest BCUT2D eigenvalue weighted by Gasteiger charge is 2.42. The fourth-order valence-corrected chi connectivity index (χ4v) is 8.26. The van der Waals surface area contributed by atoms with Crippen LogP contribution in [0.4, 0.5) is 4.79 Å². The van der Waals surface area contributed by atoms with Crippen molar-refractivity contribution in [3.63, 3.8) is 0 Å². The van der Waals surface area contributed by atoms with Crippen molar-refractivity contribution in [1.29, 1.82) is 0 Å². The zero-order valence-corrected chi connectivity index (χ0v) is 21.4. The molecule has 0 saturated carbocycles. The number of thiophene rings is 1. The molecule has 3 aliphatic rings. The maximum atomic E-state index is 13.5. The minimum atomic E-state index is -3.87. The highest BCUT2D eigenvalue weighted by molar-refractivity contribution is 8.03. The number of hydrogen-bond acceptors (Lipinski definition) is 8. The van der Waals surface area contributed by atoms with Crippen molar-refractivity contribution in [1.82, 2.24) is 30.3 Å². The summed E-state index contributed by atoms with van der Waals surface area (Å²) in [5.74, 6) is 2.89. The number of nitrogens with one attached hydrogen (secondary N) is 3. The first kappa shape index (κ1) is 23.8. The molecule has 0 radical (unpaired) electrons. The van der Waals surface area contributed by atoms with Crippen LogP contribution in [0.3, 0.4) is 0 Å². The Morgan fingerprint density at radius 2 is 2.06 bits per heavy atom. The van der Waals surface area contributed by atoms with Gasteiger partial charge in [-0.15, -0.1) is 17.8 Å². The standard InChI is InChI=1S/C22H24N6O4S3/c1-3-14-4-5-15-11-19(34-18(15)10-14)35(31,32)26-8-9-27(17(12-26)20(29)23-2)22(30)28-7-6-16-21(25-28)33-13-24-16/h1,4-5,10-11,17,24-25H,6-9,12-13H2,2H3,(H,23,29). The molecule has 1 atom stereocenters. The van der Waals surface area contributed by atoms with E-state index in [9.17, 15) is 18.0 Å². The van der Waals surface area contributed by atoms with Gasteiger partial charge in [-0.1, -0.05) is 23.7 Å². The van der Waals surface area contributed by atoms with Gasteiger partial charge < -0.3 is 15.5 Å². The van der Waals surface area contributed by atoms with Crippen LogP contribution in [-0.2, 0) is 14.8 Å². The Labute approximate surface area is 211 Å². The molecule has 35 heavy (non-hydrogen) atoms. The molecule has 3 amide bonds. The van der Waals surface area contributed by atoms with Crippen LogP contribution in [0.15, 0.2) is 39.2 Å². The maximum absolute atomic E-state index is 13.5. The van der Waals surface area contributed by atoms with Crippen molar-refractivity contribution in [2.45, 2.75) is 16.7 Å². The molecule has 5 rings (SSSR count). The third-order valence-corrected chi connectivity index (χ3v) is 10.6. The summed E-state index contributed by atoms with van der Waals surface area (Å²) < 4.78 is 29.2. The topological polar surface area (TPSA) is 114 Å².